The van der Waals surface area contributed by atoms with Crippen molar-refractivity contribution in [3.63, 3.8) is 0 Å². The number of fused-ring (bicyclic) bond motifs is 3. The molecule has 31 nitrogen and oxygen atoms in total. The molecule has 6 saturated carbocycles. The van der Waals surface area contributed by atoms with Crippen LogP contribution in [0.5, 0.6) is 0 Å². The van der Waals surface area contributed by atoms with E-state index < -0.39 is 11.9 Å². The molecule has 14 N–H and O–H groups in total. The van der Waals surface area contributed by atoms with Crippen LogP contribution in [0.1, 0.15) is 221 Å². The van der Waals surface area contributed by atoms with E-state index in [2.05, 4.69) is 66.3 Å². The van der Waals surface area contributed by atoms with Crippen molar-refractivity contribution in [2.75, 3.05) is 57.0 Å². The molecule has 14 rings (SSSR count). The van der Waals surface area contributed by atoms with Crippen LogP contribution in [-0.4, -0.2) is 129 Å². The molecule has 0 spiro atoms. The molecule has 1 aromatic carbocycles. The van der Waals surface area contributed by atoms with Crippen LogP contribution in [0.2, 0.25) is 0 Å². The standard InChI is InChI=1S/C12H14N4O2.C11H14N4O.C11H12N4O.C9H10O2.C8H11NO3.C7H11N3.C7H9NO.C7H12O2.H4N2/c1-18-12(17)8-6-14-10-5-9(7-3-2-4-7)15-16(10)11(8)13;2*12-11-8(6-16)5-13-10-4-9(14-15(10)11)7-2-1-3-7;1-11-9(10)7-8-5-3-2-4-6-8;1-3-11-6-7(5-9)8(10)12-4-2;8-7-4-6(9-10-7)5-2-1-3-5;8-5-4-7(9)6-2-1-3-6;1-2-9-7(8)6-4-3-5-6;1-2/h5-7H,2-4,13H2,1H3;4-5,7,16H,1-3,6,12H2;4-7H,1-3,12H2;2-6H,7H2,1H3;6H,3-4H2,1-2H3;4-5H,1-3H2,(H3,8,9,10);6H,1-4H2;6H,2-5H2,1H3;1-2H2/b;;;;7-6-;;;;. The van der Waals surface area contributed by atoms with E-state index in [0.717, 1.165) is 73.1 Å². The highest BCUT2D eigenvalue weighted by molar-refractivity contribution is 5.94. The summed E-state index contributed by atoms with van der Waals surface area (Å²) in [5, 5.41) is 45.8. The van der Waals surface area contributed by atoms with E-state index >= 15 is 0 Å². The first kappa shape index (κ1) is 81.1. The molecule has 0 saturated heterocycles. The number of carbonyl (C=O) groups is 6. The van der Waals surface area contributed by atoms with Gasteiger partial charge < -0.3 is 51.7 Å². The van der Waals surface area contributed by atoms with E-state index in [-0.39, 0.29) is 66.1 Å². The quantitative estimate of drug-likeness (QED) is 0.00616. The maximum absolute atomic E-state index is 11.5. The van der Waals surface area contributed by atoms with Crippen LogP contribution in [0.4, 0.5) is 23.3 Å². The average molecular weight is 1420 g/mol. The van der Waals surface area contributed by atoms with Crippen LogP contribution in [0.3, 0.4) is 0 Å². The number of aliphatic hydroxyl groups excluding tert-OH is 1. The van der Waals surface area contributed by atoms with Gasteiger partial charge in [0, 0.05) is 83.7 Å². The molecule has 0 atom stereocenters. The molecule has 103 heavy (non-hydrogen) atoms. The monoisotopic (exact) mass is 1420 g/mol. The third kappa shape index (κ3) is 23.3. The third-order valence-electron chi connectivity index (χ3n) is 18.1. The largest absolute Gasteiger partial charge is 0.500 e. The van der Waals surface area contributed by atoms with E-state index in [4.69, 9.17) is 48.0 Å². The molecule has 7 aromatic heterocycles. The predicted molar refractivity (Wildman–Crippen MR) is 383 cm³/mol. The zero-order chi connectivity index (χ0) is 74.8. The summed E-state index contributed by atoms with van der Waals surface area (Å²) >= 11 is 0. The van der Waals surface area contributed by atoms with Crippen LogP contribution >= 0.6 is 0 Å². The summed E-state index contributed by atoms with van der Waals surface area (Å²) in [5.41, 5.74) is 31.7. The number of carbonyl (C=O) groups excluding carboxylic acids is 6. The van der Waals surface area contributed by atoms with Crippen molar-refractivity contribution < 1.29 is 57.6 Å². The summed E-state index contributed by atoms with van der Waals surface area (Å²) < 4.78 is 28.0. The normalized spacial score (nSPS) is 15.1. The minimum absolute atomic E-state index is 0.00347. The first-order valence-electron chi connectivity index (χ1n) is 34.7. The molecule has 0 bridgehead atoms. The number of ether oxygens (including phenoxy) is 5. The summed E-state index contributed by atoms with van der Waals surface area (Å²) in [6.07, 6.45) is 28.1. The fraction of sp³-hybridized carbons (Fsp3) is 0.486. The number of aromatic amines is 1. The number of methoxy groups -OCH3 is 2. The van der Waals surface area contributed by atoms with E-state index in [1.54, 1.807) is 35.1 Å². The number of benzene rings is 1. The van der Waals surface area contributed by atoms with Gasteiger partial charge >= 0.3 is 23.9 Å². The summed E-state index contributed by atoms with van der Waals surface area (Å²) in [6, 6.07) is 20.9. The molecule has 552 valence electrons. The van der Waals surface area contributed by atoms with Gasteiger partial charge in [-0.15, -0.1) is 0 Å². The second-order valence-electron chi connectivity index (χ2n) is 24.7. The first-order valence-corrected chi connectivity index (χ1v) is 34.7. The summed E-state index contributed by atoms with van der Waals surface area (Å²) in [5.74, 6) is 11.4. The molecule has 6 fully saturated rings. The maximum atomic E-state index is 11.5. The molecule has 8 aromatic rings. The summed E-state index contributed by atoms with van der Waals surface area (Å²) in [4.78, 5) is 78.1. The number of nitriles is 2. The van der Waals surface area contributed by atoms with Crippen molar-refractivity contribution in [3.05, 3.63) is 130 Å². The number of rotatable bonds is 17. The number of Topliss-reactive ketones (excluding diaryl/α,β-unsaturated/α-hetero) is 1. The van der Waals surface area contributed by atoms with Crippen LogP contribution < -0.4 is 34.6 Å². The number of esters is 4. The fourth-order valence-electron chi connectivity index (χ4n) is 10.6. The van der Waals surface area contributed by atoms with E-state index in [1.165, 1.54) is 114 Å². The summed E-state index contributed by atoms with van der Waals surface area (Å²) in [6.45, 7) is 6.37. The highest BCUT2D eigenvalue weighted by Gasteiger charge is 2.29. The molecule has 31 heteroatoms. The van der Waals surface area contributed by atoms with E-state index in [1.807, 2.05) is 67.6 Å². The Labute approximate surface area is 598 Å². The zero-order valence-electron chi connectivity index (χ0n) is 59.3. The minimum Gasteiger partial charge on any atom is -0.500 e. The Morgan fingerprint density at radius 3 is 1.52 bits per heavy atom. The molecular weight excluding hydrogens is 1320 g/mol. The SMILES string of the molecule is CCO/C=C(/C#N)C(=O)OCC.CCOC(=O)C1CCC1.COC(=O)Cc1ccccc1.COC(=O)c1cnc2cc(C3CCC3)nn2c1N.N#CCC(=O)C1CCC1.NN.Nc1c(C=O)cnc2cc(C3CCC3)nn12.Nc1c(CO)cnc2cc(C3CCC3)nn12.Nc1cc(C2CCC2)[nH]n1. The Bertz CT molecular complexity index is 4150. The zero-order valence-corrected chi connectivity index (χ0v) is 59.3. The van der Waals surface area contributed by atoms with Gasteiger partial charge in [-0.3, -0.25) is 36.0 Å². The molecule has 0 radical (unpaired) electrons. The molecule has 6 aliphatic carbocycles. The van der Waals surface area contributed by atoms with Gasteiger partial charge in [-0.2, -0.15) is 44.5 Å². The van der Waals surface area contributed by atoms with Gasteiger partial charge in [-0.1, -0.05) is 68.9 Å². The smallest absolute Gasteiger partial charge is 0.352 e. The van der Waals surface area contributed by atoms with Gasteiger partial charge in [-0.05, 0) is 103 Å². The number of aromatic nitrogens is 11. The van der Waals surface area contributed by atoms with Crippen LogP contribution in [0, 0.1) is 34.5 Å². The van der Waals surface area contributed by atoms with E-state index in [9.17, 15) is 28.8 Å². The van der Waals surface area contributed by atoms with Gasteiger partial charge in [0.15, 0.2) is 28.8 Å². The minimum atomic E-state index is -0.645. The average Bonchev–Trinajstić information content (AvgIpc) is 1.67. The second-order valence-corrected chi connectivity index (χ2v) is 24.7. The number of anilines is 4. The van der Waals surface area contributed by atoms with Crippen LogP contribution in [0.25, 0.3) is 16.9 Å². The van der Waals surface area contributed by atoms with Crippen molar-refractivity contribution in [1.82, 2.24) is 54.0 Å². The highest BCUT2D eigenvalue weighted by atomic mass is 16.5. The van der Waals surface area contributed by atoms with Crippen LogP contribution in [-0.2, 0) is 55.9 Å². The van der Waals surface area contributed by atoms with E-state index in [0.29, 0.717) is 89.5 Å². The molecule has 7 heterocycles. The Kier molecular flexibility index (Phi) is 33.4. The Morgan fingerprint density at radius 1 is 0.621 bits per heavy atom. The second kappa shape index (κ2) is 42.4. The Hall–Kier alpha value is -10.9. The fourth-order valence-corrected chi connectivity index (χ4v) is 10.6. The van der Waals surface area contributed by atoms with Crippen molar-refractivity contribution >= 4 is 76.2 Å². The molecular formula is C72H97N19O12. The number of hydrogen-bond acceptors (Lipinski definition) is 27. The Balaban J connectivity index is 0.000000187. The third-order valence-corrected chi connectivity index (χ3v) is 18.1. The van der Waals surface area contributed by atoms with Gasteiger partial charge in [0.05, 0.1) is 88.1 Å². The lowest BCUT2D eigenvalue weighted by molar-refractivity contribution is -0.150. The molecule has 0 unspecified atom stereocenters. The lowest BCUT2D eigenvalue weighted by Gasteiger charge is -2.23. The number of ketones is 1. The number of hydrogen-bond donors (Lipinski definition) is 8. The molecule has 0 amide bonds. The maximum Gasteiger partial charge on any atom is 0.352 e. The van der Waals surface area contributed by atoms with Crippen LogP contribution in [0.15, 0.2) is 85.0 Å². The summed E-state index contributed by atoms with van der Waals surface area (Å²) in [7, 11) is 2.71. The molecule has 0 aliphatic heterocycles. The number of nitrogens with two attached hydrogens (primary N) is 6. The van der Waals surface area contributed by atoms with Crippen molar-refractivity contribution in [2.24, 2.45) is 23.5 Å². The Morgan fingerprint density at radius 2 is 1.12 bits per heavy atom. The lowest BCUT2D eigenvalue weighted by Crippen LogP contribution is -2.23. The number of nitrogen functional groups attached to an aromatic ring is 4. The number of nitrogens with one attached hydrogen (secondary N) is 1. The van der Waals surface area contributed by atoms with Crippen molar-refractivity contribution in [3.8, 4) is 12.1 Å². The number of hydrazine groups is 1. The van der Waals surface area contributed by atoms with Gasteiger partial charge in [0.2, 0.25) is 0 Å². The van der Waals surface area contributed by atoms with Gasteiger partial charge in [-0.25, -0.2) is 24.5 Å². The topological polar surface area (TPSA) is 492 Å². The number of nitrogens with zero attached hydrogens (tertiary/aromatic N) is 12. The van der Waals surface area contributed by atoms with Gasteiger partial charge in [0.25, 0.3) is 0 Å². The van der Waals surface area contributed by atoms with Crippen molar-refractivity contribution in [1.29, 1.82) is 10.5 Å². The van der Waals surface area contributed by atoms with Gasteiger partial charge in [0.1, 0.15) is 46.9 Å². The number of aldehydes is 1. The molecule has 6 aliphatic rings. The number of H-pyrrole nitrogens is 1. The first-order chi connectivity index (χ1) is 49.9. The van der Waals surface area contributed by atoms with Crippen molar-refractivity contribution in [2.45, 2.75) is 179 Å². The lowest BCUT2D eigenvalue weighted by atomic mass is 9.81. The highest BCUT2D eigenvalue weighted by Crippen LogP contribution is 2.39. The number of aliphatic hydroxyl groups is 1. The predicted octanol–water partition coefficient (Wildman–Crippen LogP) is 8.92.